The van der Waals surface area contributed by atoms with Gasteiger partial charge in [0.05, 0.1) is 0 Å². The minimum absolute atomic E-state index is 0.831. The van der Waals surface area contributed by atoms with Crippen LogP contribution in [0.25, 0.3) is 0 Å². The van der Waals surface area contributed by atoms with E-state index in [9.17, 15) is 0 Å². The molecule has 0 saturated heterocycles. The van der Waals surface area contributed by atoms with Crippen molar-refractivity contribution >= 4 is 0 Å². The molecule has 0 radical (unpaired) electrons. The third-order valence-electron chi connectivity index (χ3n) is 6.45. The summed E-state index contributed by atoms with van der Waals surface area (Å²) in [7, 11) is 0. The standard InChI is InChI=1S/C30H56NO2/c1-2-3-4-5-6-7-8-9-10-11-12-13-14-15-16-21-27-32-29-23-30-33-28-22-20-26-31-24-18-17-19-25-31/h17-19,24-25H,2-16,20-23,26-30H2,1H3/q+1. The van der Waals surface area contributed by atoms with Crippen molar-refractivity contribution < 1.29 is 14.0 Å². The van der Waals surface area contributed by atoms with E-state index in [1.807, 2.05) is 0 Å². The highest BCUT2D eigenvalue weighted by Crippen LogP contribution is 2.13. The summed E-state index contributed by atoms with van der Waals surface area (Å²) in [6.45, 7) is 6.84. The number of unbranched alkanes of at least 4 members (excludes halogenated alkanes) is 16. The molecule has 0 amide bonds. The van der Waals surface area contributed by atoms with Crippen molar-refractivity contribution in [1.29, 1.82) is 0 Å². The second-order valence-corrected chi connectivity index (χ2v) is 9.70. The van der Waals surface area contributed by atoms with Crippen molar-refractivity contribution in [3.05, 3.63) is 30.6 Å². The Morgan fingerprint density at radius 1 is 0.424 bits per heavy atom. The van der Waals surface area contributed by atoms with Crippen LogP contribution >= 0.6 is 0 Å². The predicted molar refractivity (Wildman–Crippen MR) is 142 cm³/mol. The predicted octanol–water partition coefficient (Wildman–Crippen LogP) is 8.44. The highest BCUT2D eigenvalue weighted by Gasteiger charge is 1.98. The summed E-state index contributed by atoms with van der Waals surface area (Å²) >= 11 is 0. The zero-order valence-electron chi connectivity index (χ0n) is 22.1. The van der Waals surface area contributed by atoms with Gasteiger partial charge in [0.1, 0.15) is 6.54 Å². The number of nitrogens with zero attached hydrogens (tertiary/aromatic N) is 1. The molecule has 0 atom stereocenters. The zero-order valence-corrected chi connectivity index (χ0v) is 22.1. The van der Waals surface area contributed by atoms with Gasteiger partial charge < -0.3 is 9.47 Å². The monoisotopic (exact) mass is 462 g/mol. The van der Waals surface area contributed by atoms with Crippen LogP contribution in [0, 0.1) is 0 Å². The highest BCUT2D eigenvalue weighted by atomic mass is 16.5. The molecule has 1 aromatic rings. The van der Waals surface area contributed by atoms with Crippen LogP contribution in [-0.2, 0) is 16.0 Å². The number of hydrogen-bond acceptors (Lipinski definition) is 2. The molecule has 0 aliphatic carbocycles. The van der Waals surface area contributed by atoms with E-state index in [1.165, 1.54) is 109 Å². The lowest BCUT2D eigenvalue weighted by Gasteiger charge is -2.06. The maximum Gasteiger partial charge on any atom is 0.168 e. The van der Waals surface area contributed by atoms with Gasteiger partial charge in [0.25, 0.3) is 0 Å². The second-order valence-electron chi connectivity index (χ2n) is 9.70. The van der Waals surface area contributed by atoms with E-state index in [0.29, 0.717) is 0 Å². The van der Waals surface area contributed by atoms with E-state index < -0.39 is 0 Å². The lowest BCUT2D eigenvalue weighted by atomic mass is 10.0. The molecule has 0 N–H and O–H groups in total. The molecule has 0 aliphatic heterocycles. The molecule has 0 aliphatic rings. The van der Waals surface area contributed by atoms with Crippen molar-refractivity contribution in [3.8, 4) is 0 Å². The largest absolute Gasteiger partial charge is 0.381 e. The highest BCUT2D eigenvalue weighted by molar-refractivity contribution is 4.83. The summed E-state index contributed by atoms with van der Waals surface area (Å²) in [5, 5.41) is 0. The minimum atomic E-state index is 0.831. The van der Waals surface area contributed by atoms with Gasteiger partial charge in [-0.3, -0.25) is 0 Å². The van der Waals surface area contributed by atoms with Crippen LogP contribution in [0.3, 0.4) is 0 Å². The number of ether oxygens (including phenoxy) is 2. The number of hydrogen-bond donors (Lipinski definition) is 0. The Morgan fingerprint density at radius 2 is 0.818 bits per heavy atom. The maximum absolute atomic E-state index is 5.75. The SMILES string of the molecule is CCCCCCCCCCCCCCCCCCOCCCOCCCC[n+]1ccccc1. The summed E-state index contributed by atoms with van der Waals surface area (Å²) < 4.78 is 13.7. The molecule has 3 nitrogen and oxygen atoms in total. The van der Waals surface area contributed by atoms with Gasteiger partial charge >= 0.3 is 0 Å². The van der Waals surface area contributed by atoms with Crippen molar-refractivity contribution in [2.24, 2.45) is 0 Å². The van der Waals surface area contributed by atoms with Crippen LogP contribution in [0.1, 0.15) is 129 Å². The first-order chi connectivity index (χ1) is 16.4. The first-order valence-electron chi connectivity index (χ1n) is 14.5. The number of aromatic nitrogens is 1. The summed E-state index contributed by atoms with van der Waals surface area (Å²) in [6, 6.07) is 6.22. The lowest BCUT2D eigenvalue weighted by molar-refractivity contribution is -0.697. The molecule has 3 heteroatoms. The van der Waals surface area contributed by atoms with Crippen molar-refractivity contribution in [2.45, 2.75) is 135 Å². The Morgan fingerprint density at radius 3 is 1.30 bits per heavy atom. The fraction of sp³-hybridized carbons (Fsp3) is 0.833. The maximum atomic E-state index is 5.75. The molecule has 1 aromatic heterocycles. The number of pyridine rings is 1. The average molecular weight is 463 g/mol. The summed E-state index contributed by atoms with van der Waals surface area (Å²) in [5.41, 5.74) is 0. The van der Waals surface area contributed by atoms with Gasteiger partial charge in [0.15, 0.2) is 12.4 Å². The van der Waals surface area contributed by atoms with E-state index in [2.05, 4.69) is 42.1 Å². The molecule has 0 bridgehead atoms. The molecular formula is C30H56NO2+. The quantitative estimate of drug-likeness (QED) is 0.102. The minimum Gasteiger partial charge on any atom is -0.381 e. The van der Waals surface area contributed by atoms with Gasteiger partial charge in [-0.25, -0.2) is 4.57 Å². The molecular weight excluding hydrogens is 406 g/mol. The summed E-state index contributed by atoms with van der Waals surface area (Å²) in [4.78, 5) is 0. The molecule has 0 fully saturated rings. The smallest absolute Gasteiger partial charge is 0.168 e. The molecule has 0 saturated carbocycles. The van der Waals surface area contributed by atoms with E-state index >= 15 is 0 Å². The van der Waals surface area contributed by atoms with Gasteiger partial charge in [-0.05, 0) is 19.3 Å². The third-order valence-corrected chi connectivity index (χ3v) is 6.45. The summed E-state index contributed by atoms with van der Waals surface area (Å²) in [6.07, 6.45) is 30.2. The van der Waals surface area contributed by atoms with E-state index in [1.54, 1.807) is 0 Å². The lowest BCUT2D eigenvalue weighted by Crippen LogP contribution is -2.32. The Balaban J connectivity index is 1.64. The van der Waals surface area contributed by atoms with Crippen LogP contribution in [-0.4, -0.2) is 26.4 Å². The number of aryl methyl sites for hydroxylation is 1. The molecule has 0 spiro atoms. The molecule has 0 unspecified atom stereocenters. The second kappa shape index (κ2) is 25.7. The van der Waals surface area contributed by atoms with Crippen LogP contribution < -0.4 is 4.57 Å². The fourth-order valence-corrected chi connectivity index (χ4v) is 4.30. The molecule has 1 rings (SSSR count). The van der Waals surface area contributed by atoms with Gasteiger partial charge in [0, 0.05) is 45.0 Å². The van der Waals surface area contributed by atoms with Gasteiger partial charge in [-0.1, -0.05) is 109 Å². The third kappa shape index (κ3) is 22.6. The topological polar surface area (TPSA) is 22.3 Å². The van der Waals surface area contributed by atoms with Crippen LogP contribution in [0.15, 0.2) is 30.6 Å². The van der Waals surface area contributed by atoms with Gasteiger partial charge in [-0.15, -0.1) is 0 Å². The van der Waals surface area contributed by atoms with Crippen LogP contribution in [0.4, 0.5) is 0 Å². The van der Waals surface area contributed by atoms with Crippen LogP contribution in [0.5, 0.6) is 0 Å². The van der Waals surface area contributed by atoms with Gasteiger partial charge in [-0.2, -0.15) is 0 Å². The fourth-order valence-electron chi connectivity index (χ4n) is 4.30. The van der Waals surface area contributed by atoms with Crippen molar-refractivity contribution in [2.75, 3.05) is 26.4 Å². The molecule has 192 valence electrons. The zero-order chi connectivity index (χ0) is 23.5. The molecule has 0 aromatic carbocycles. The Bertz CT molecular complexity index is 479. The van der Waals surface area contributed by atoms with Crippen molar-refractivity contribution in [1.82, 2.24) is 0 Å². The van der Waals surface area contributed by atoms with Crippen LogP contribution in [0.2, 0.25) is 0 Å². The Kier molecular flexibility index (Phi) is 23.4. The average Bonchev–Trinajstić information content (AvgIpc) is 2.84. The van der Waals surface area contributed by atoms with E-state index in [0.717, 1.165) is 45.8 Å². The normalized spacial score (nSPS) is 11.3. The Hall–Kier alpha value is -0.930. The number of rotatable bonds is 26. The van der Waals surface area contributed by atoms with E-state index in [-0.39, 0.29) is 0 Å². The first kappa shape index (κ1) is 30.1. The van der Waals surface area contributed by atoms with Gasteiger partial charge in [0.2, 0.25) is 0 Å². The molecule has 1 heterocycles. The summed E-state index contributed by atoms with van der Waals surface area (Å²) in [5.74, 6) is 0. The first-order valence-corrected chi connectivity index (χ1v) is 14.5. The van der Waals surface area contributed by atoms with E-state index in [4.69, 9.17) is 9.47 Å². The molecule has 33 heavy (non-hydrogen) atoms. The Labute approximate surface area is 206 Å². The van der Waals surface area contributed by atoms with Crippen molar-refractivity contribution in [3.63, 3.8) is 0 Å².